The summed E-state index contributed by atoms with van der Waals surface area (Å²) in [6.45, 7) is 0. The van der Waals surface area contributed by atoms with Crippen molar-refractivity contribution in [3.8, 4) is 0 Å². The van der Waals surface area contributed by atoms with Crippen LogP contribution in [0.5, 0.6) is 0 Å². The minimum absolute atomic E-state index is 0.0131. The summed E-state index contributed by atoms with van der Waals surface area (Å²) in [4.78, 5) is 24.0. The average Bonchev–Trinajstić information content (AvgIpc) is 2.45. The Morgan fingerprint density at radius 3 is 1.95 bits per heavy atom. The highest BCUT2D eigenvalue weighted by Crippen LogP contribution is 2.16. The summed E-state index contributed by atoms with van der Waals surface area (Å²) in [6.07, 6.45) is 0.457. The maximum absolute atomic E-state index is 12.0. The van der Waals surface area contributed by atoms with Crippen molar-refractivity contribution in [2.75, 3.05) is 0 Å². The van der Waals surface area contributed by atoms with Gasteiger partial charge in [-0.1, -0.05) is 56.1 Å². The molecule has 2 aromatic rings. The Morgan fingerprint density at radius 1 is 0.750 bits per heavy atom. The topological polar surface area (TPSA) is 34.1 Å². The van der Waals surface area contributed by atoms with Crippen molar-refractivity contribution >= 4 is 43.4 Å². The van der Waals surface area contributed by atoms with Gasteiger partial charge in [-0.15, -0.1) is 0 Å². The molecule has 2 rings (SSSR count). The van der Waals surface area contributed by atoms with Gasteiger partial charge in [-0.25, -0.2) is 0 Å². The number of halogens is 2. The SMILES string of the molecule is O=C(CCC(=O)c1cccc(Br)c1)c1ccc(Br)cc1. The Bertz CT molecular complexity index is 633. The van der Waals surface area contributed by atoms with Crippen molar-refractivity contribution < 1.29 is 9.59 Å². The summed E-state index contributed by atoms with van der Waals surface area (Å²) < 4.78 is 1.79. The summed E-state index contributed by atoms with van der Waals surface area (Å²) >= 11 is 6.65. The number of ketones is 2. The van der Waals surface area contributed by atoms with Crippen molar-refractivity contribution in [1.29, 1.82) is 0 Å². The van der Waals surface area contributed by atoms with Crippen LogP contribution in [0.3, 0.4) is 0 Å². The van der Waals surface area contributed by atoms with E-state index in [2.05, 4.69) is 31.9 Å². The molecule has 102 valence electrons. The lowest BCUT2D eigenvalue weighted by molar-refractivity contribution is 0.0917. The zero-order valence-electron chi connectivity index (χ0n) is 10.6. The van der Waals surface area contributed by atoms with Gasteiger partial charge in [0.25, 0.3) is 0 Å². The van der Waals surface area contributed by atoms with Crippen LogP contribution in [-0.2, 0) is 0 Å². The molecule has 20 heavy (non-hydrogen) atoms. The second kappa shape index (κ2) is 6.95. The third-order valence-corrected chi connectivity index (χ3v) is 3.91. The van der Waals surface area contributed by atoms with Crippen molar-refractivity contribution in [3.63, 3.8) is 0 Å². The van der Waals surface area contributed by atoms with Crippen molar-refractivity contribution in [2.24, 2.45) is 0 Å². The third kappa shape index (κ3) is 4.12. The Kier molecular flexibility index (Phi) is 5.26. The zero-order valence-corrected chi connectivity index (χ0v) is 13.8. The van der Waals surface area contributed by atoms with E-state index in [1.165, 1.54) is 0 Å². The number of benzene rings is 2. The van der Waals surface area contributed by atoms with Crippen LogP contribution in [0.15, 0.2) is 57.5 Å². The second-order valence-electron chi connectivity index (χ2n) is 4.36. The number of hydrogen-bond acceptors (Lipinski definition) is 2. The van der Waals surface area contributed by atoms with Crippen LogP contribution in [0, 0.1) is 0 Å². The molecule has 0 amide bonds. The van der Waals surface area contributed by atoms with E-state index in [0.717, 1.165) is 8.95 Å². The van der Waals surface area contributed by atoms with Crippen molar-refractivity contribution in [3.05, 3.63) is 68.6 Å². The lowest BCUT2D eigenvalue weighted by atomic mass is 10.0. The first-order chi connectivity index (χ1) is 9.56. The molecule has 0 aliphatic carbocycles. The fourth-order valence-corrected chi connectivity index (χ4v) is 2.48. The van der Waals surface area contributed by atoms with Crippen molar-refractivity contribution in [1.82, 2.24) is 0 Å². The van der Waals surface area contributed by atoms with Crippen LogP contribution in [-0.4, -0.2) is 11.6 Å². The molecule has 0 atom stereocenters. The molecule has 0 saturated carbocycles. The lowest BCUT2D eigenvalue weighted by Crippen LogP contribution is -2.05. The standard InChI is InChI=1S/C16H12Br2O2/c17-13-6-4-11(5-7-13)15(19)8-9-16(20)12-2-1-3-14(18)10-12/h1-7,10H,8-9H2. The molecule has 0 aliphatic rings. The van der Waals surface area contributed by atoms with Crippen LogP contribution >= 0.6 is 31.9 Å². The average molecular weight is 396 g/mol. The number of carbonyl (C=O) groups excluding carboxylic acids is 2. The fourth-order valence-electron chi connectivity index (χ4n) is 1.81. The summed E-state index contributed by atoms with van der Waals surface area (Å²) in [6, 6.07) is 14.4. The summed E-state index contributed by atoms with van der Waals surface area (Å²) in [5.41, 5.74) is 1.26. The van der Waals surface area contributed by atoms with Crippen LogP contribution in [0.2, 0.25) is 0 Å². The van der Waals surface area contributed by atoms with Gasteiger partial charge in [0.1, 0.15) is 0 Å². The van der Waals surface area contributed by atoms with Gasteiger partial charge < -0.3 is 0 Å². The van der Waals surface area contributed by atoms with Gasteiger partial charge in [0, 0.05) is 32.9 Å². The third-order valence-electron chi connectivity index (χ3n) is 2.89. The molecular formula is C16H12Br2O2. The molecule has 0 fully saturated rings. The molecule has 0 spiro atoms. The zero-order chi connectivity index (χ0) is 14.5. The molecule has 0 N–H and O–H groups in total. The monoisotopic (exact) mass is 394 g/mol. The number of hydrogen-bond donors (Lipinski definition) is 0. The first-order valence-corrected chi connectivity index (χ1v) is 7.72. The number of rotatable bonds is 5. The molecule has 0 saturated heterocycles. The Morgan fingerprint density at radius 2 is 1.35 bits per heavy atom. The molecular weight excluding hydrogens is 384 g/mol. The molecule has 4 heteroatoms. The van der Waals surface area contributed by atoms with E-state index >= 15 is 0 Å². The molecule has 0 unspecified atom stereocenters. The van der Waals surface area contributed by atoms with E-state index in [1.54, 1.807) is 24.3 Å². The lowest BCUT2D eigenvalue weighted by Gasteiger charge is -2.02. The normalized spacial score (nSPS) is 10.3. The molecule has 0 heterocycles. The summed E-state index contributed by atoms with van der Waals surface area (Å²) in [7, 11) is 0. The Hall–Kier alpha value is -1.26. The minimum Gasteiger partial charge on any atom is -0.294 e. The van der Waals surface area contributed by atoms with Gasteiger partial charge in [-0.2, -0.15) is 0 Å². The summed E-state index contributed by atoms with van der Waals surface area (Å²) in [5, 5.41) is 0. The minimum atomic E-state index is -0.0169. The molecule has 0 aromatic heterocycles. The number of carbonyl (C=O) groups is 2. The van der Waals surface area contributed by atoms with Crippen LogP contribution in [0.1, 0.15) is 33.6 Å². The van der Waals surface area contributed by atoms with Crippen LogP contribution in [0.4, 0.5) is 0 Å². The molecule has 2 nitrogen and oxygen atoms in total. The van der Waals surface area contributed by atoms with E-state index in [1.807, 2.05) is 24.3 Å². The van der Waals surface area contributed by atoms with E-state index in [0.29, 0.717) is 11.1 Å². The van der Waals surface area contributed by atoms with Gasteiger partial charge in [0.05, 0.1) is 0 Å². The van der Waals surface area contributed by atoms with Gasteiger partial charge in [-0.3, -0.25) is 9.59 Å². The fraction of sp³-hybridized carbons (Fsp3) is 0.125. The molecule has 0 aliphatic heterocycles. The van der Waals surface area contributed by atoms with Gasteiger partial charge in [-0.05, 0) is 24.3 Å². The first kappa shape index (κ1) is 15.1. The van der Waals surface area contributed by atoms with Gasteiger partial charge in [0.15, 0.2) is 11.6 Å². The highest BCUT2D eigenvalue weighted by molar-refractivity contribution is 9.10. The maximum atomic E-state index is 12.0. The molecule has 0 bridgehead atoms. The van der Waals surface area contributed by atoms with E-state index in [9.17, 15) is 9.59 Å². The van der Waals surface area contributed by atoms with Crippen molar-refractivity contribution in [2.45, 2.75) is 12.8 Å². The summed E-state index contributed by atoms with van der Waals surface area (Å²) in [5.74, 6) is -0.0300. The number of Topliss-reactive ketones (excluding diaryl/α,β-unsaturated/α-hetero) is 2. The second-order valence-corrected chi connectivity index (χ2v) is 6.19. The van der Waals surface area contributed by atoms with Crippen LogP contribution < -0.4 is 0 Å². The largest absolute Gasteiger partial charge is 0.294 e. The van der Waals surface area contributed by atoms with Gasteiger partial charge >= 0.3 is 0 Å². The van der Waals surface area contributed by atoms with E-state index in [-0.39, 0.29) is 24.4 Å². The van der Waals surface area contributed by atoms with Gasteiger partial charge in [0.2, 0.25) is 0 Å². The highest BCUT2D eigenvalue weighted by atomic mass is 79.9. The van der Waals surface area contributed by atoms with E-state index in [4.69, 9.17) is 0 Å². The Labute approximate surface area is 134 Å². The van der Waals surface area contributed by atoms with E-state index < -0.39 is 0 Å². The Balaban J connectivity index is 1.96. The maximum Gasteiger partial charge on any atom is 0.163 e. The molecule has 0 radical (unpaired) electrons. The predicted octanol–water partition coefficient (Wildman–Crippen LogP) is 5.06. The predicted molar refractivity (Wildman–Crippen MR) is 86.2 cm³/mol. The van der Waals surface area contributed by atoms with Crippen LogP contribution in [0.25, 0.3) is 0 Å². The smallest absolute Gasteiger partial charge is 0.163 e. The first-order valence-electron chi connectivity index (χ1n) is 6.14. The highest BCUT2D eigenvalue weighted by Gasteiger charge is 2.11. The quantitative estimate of drug-likeness (QED) is 0.663. The molecule has 2 aromatic carbocycles.